The van der Waals surface area contributed by atoms with Gasteiger partial charge in [0, 0.05) is 12.6 Å². The minimum atomic E-state index is -0.599. The van der Waals surface area contributed by atoms with Crippen LogP contribution in [0.25, 0.3) is 0 Å². The Morgan fingerprint density at radius 3 is 2.33 bits per heavy atom. The second-order valence-corrected chi connectivity index (χ2v) is 5.31. The molecule has 2 aliphatic heterocycles. The fourth-order valence-electron chi connectivity index (χ4n) is 2.74. The zero-order valence-electron chi connectivity index (χ0n) is 9.95. The van der Waals surface area contributed by atoms with Crippen LogP contribution in [-0.2, 0) is 0 Å². The highest BCUT2D eigenvalue weighted by Gasteiger charge is 2.31. The maximum Gasteiger partial charge on any atom is 0.115 e. The van der Waals surface area contributed by atoms with E-state index in [0.29, 0.717) is 12.6 Å². The van der Waals surface area contributed by atoms with Crippen LogP contribution in [0.15, 0.2) is 0 Å². The molecular weight excluding hydrogens is 191 g/mol. The Labute approximate surface area is 92.4 Å². The van der Waals surface area contributed by atoms with E-state index >= 15 is 0 Å². The van der Waals surface area contributed by atoms with Gasteiger partial charge in [0.25, 0.3) is 0 Å². The third-order valence-corrected chi connectivity index (χ3v) is 4.10. The van der Waals surface area contributed by atoms with Crippen LogP contribution in [0.5, 0.6) is 0 Å². The molecule has 0 unspecified atom stereocenters. The first kappa shape index (κ1) is 11.3. The van der Waals surface area contributed by atoms with E-state index in [9.17, 15) is 4.39 Å². The molecule has 0 radical (unpaired) electrons. The van der Waals surface area contributed by atoms with Crippen LogP contribution in [0.1, 0.15) is 26.2 Å². The number of nitrogens with zero attached hydrogens (tertiary/aromatic N) is 2. The average molecular weight is 214 g/mol. The van der Waals surface area contributed by atoms with Crippen molar-refractivity contribution in [2.45, 2.75) is 38.4 Å². The van der Waals surface area contributed by atoms with Gasteiger partial charge >= 0.3 is 0 Å². The molecule has 0 spiro atoms. The van der Waals surface area contributed by atoms with E-state index in [1.54, 1.807) is 0 Å². The number of hydrogen-bond acceptors (Lipinski definition) is 2. The molecule has 2 nitrogen and oxygen atoms in total. The van der Waals surface area contributed by atoms with Crippen molar-refractivity contribution in [1.82, 2.24) is 9.80 Å². The summed E-state index contributed by atoms with van der Waals surface area (Å²) in [6.45, 7) is 6.17. The number of halogens is 1. The van der Waals surface area contributed by atoms with E-state index < -0.39 is 6.17 Å². The molecule has 0 N–H and O–H groups in total. The molecule has 15 heavy (non-hydrogen) atoms. The minimum absolute atomic E-state index is 0.271. The van der Waals surface area contributed by atoms with Gasteiger partial charge in [0.1, 0.15) is 6.17 Å². The van der Waals surface area contributed by atoms with Crippen molar-refractivity contribution in [3.63, 3.8) is 0 Å². The Morgan fingerprint density at radius 2 is 1.73 bits per heavy atom. The lowest BCUT2D eigenvalue weighted by atomic mass is 9.93. The summed E-state index contributed by atoms with van der Waals surface area (Å²) in [5.74, 6) is 0.271. The Morgan fingerprint density at radius 1 is 1.07 bits per heavy atom. The van der Waals surface area contributed by atoms with Crippen LogP contribution >= 0.6 is 0 Å². The largest absolute Gasteiger partial charge is 0.306 e. The molecule has 2 saturated heterocycles. The predicted molar refractivity (Wildman–Crippen MR) is 60.8 cm³/mol. The summed E-state index contributed by atoms with van der Waals surface area (Å²) in [6.07, 6.45) is 2.88. The number of rotatable bonds is 1. The highest BCUT2D eigenvalue weighted by Crippen LogP contribution is 2.25. The summed E-state index contributed by atoms with van der Waals surface area (Å²) in [4.78, 5) is 4.76. The Balaban J connectivity index is 1.84. The average Bonchev–Trinajstić information content (AvgIpc) is 2.23. The molecule has 2 rings (SSSR count). The summed E-state index contributed by atoms with van der Waals surface area (Å²) < 4.78 is 13.6. The summed E-state index contributed by atoms with van der Waals surface area (Å²) >= 11 is 0. The minimum Gasteiger partial charge on any atom is -0.306 e. The van der Waals surface area contributed by atoms with Crippen LogP contribution in [0, 0.1) is 5.92 Å². The molecule has 88 valence electrons. The SMILES string of the molecule is C[C@H]1CCN(C2CCN(C)CC2)C[C@H]1F. The summed E-state index contributed by atoms with van der Waals surface area (Å²) in [5.41, 5.74) is 0. The topological polar surface area (TPSA) is 6.48 Å². The van der Waals surface area contributed by atoms with Gasteiger partial charge in [-0.25, -0.2) is 4.39 Å². The number of piperidine rings is 2. The second kappa shape index (κ2) is 4.79. The van der Waals surface area contributed by atoms with Crippen LogP contribution < -0.4 is 0 Å². The van der Waals surface area contributed by atoms with Crippen LogP contribution in [0.4, 0.5) is 4.39 Å². The lowest BCUT2D eigenvalue weighted by Crippen LogP contribution is -2.50. The molecule has 3 heteroatoms. The number of alkyl halides is 1. The molecule has 2 atom stereocenters. The highest BCUT2D eigenvalue weighted by atomic mass is 19.1. The van der Waals surface area contributed by atoms with Gasteiger partial charge in [0.15, 0.2) is 0 Å². The van der Waals surface area contributed by atoms with Crippen molar-refractivity contribution in [1.29, 1.82) is 0 Å². The van der Waals surface area contributed by atoms with Gasteiger partial charge in [-0.2, -0.15) is 0 Å². The van der Waals surface area contributed by atoms with E-state index in [1.165, 1.54) is 25.9 Å². The van der Waals surface area contributed by atoms with Crippen molar-refractivity contribution in [3.05, 3.63) is 0 Å². The van der Waals surface area contributed by atoms with Crippen molar-refractivity contribution in [2.24, 2.45) is 5.92 Å². The molecule has 0 bridgehead atoms. The Kier molecular flexibility index (Phi) is 3.62. The van der Waals surface area contributed by atoms with E-state index in [4.69, 9.17) is 0 Å². The van der Waals surface area contributed by atoms with E-state index in [-0.39, 0.29) is 5.92 Å². The smallest absolute Gasteiger partial charge is 0.115 e. The van der Waals surface area contributed by atoms with Gasteiger partial charge in [-0.1, -0.05) is 6.92 Å². The number of hydrogen-bond donors (Lipinski definition) is 0. The van der Waals surface area contributed by atoms with E-state index in [0.717, 1.165) is 13.0 Å². The summed E-state index contributed by atoms with van der Waals surface area (Å²) in [5, 5.41) is 0. The second-order valence-electron chi connectivity index (χ2n) is 5.31. The molecule has 0 aromatic carbocycles. The molecule has 0 saturated carbocycles. The molecule has 0 amide bonds. The monoisotopic (exact) mass is 214 g/mol. The van der Waals surface area contributed by atoms with Gasteiger partial charge in [-0.05, 0) is 51.9 Å². The first-order valence-electron chi connectivity index (χ1n) is 6.23. The summed E-state index contributed by atoms with van der Waals surface area (Å²) in [7, 11) is 2.17. The van der Waals surface area contributed by atoms with Crippen LogP contribution in [0.2, 0.25) is 0 Å². The highest BCUT2D eigenvalue weighted by molar-refractivity contribution is 4.85. The fraction of sp³-hybridized carbons (Fsp3) is 1.00. The van der Waals surface area contributed by atoms with Crippen molar-refractivity contribution >= 4 is 0 Å². The standard InChI is InChI=1S/C12H23FN2/c1-10-3-8-15(9-12(10)13)11-4-6-14(2)7-5-11/h10-12H,3-9H2,1-2H3/t10-,12+/m0/s1. The quantitative estimate of drug-likeness (QED) is 0.656. The van der Waals surface area contributed by atoms with Gasteiger partial charge < -0.3 is 4.90 Å². The normalized spacial score (nSPS) is 37.0. The molecular formula is C12H23FN2. The summed E-state index contributed by atoms with van der Waals surface area (Å²) in [6, 6.07) is 0.645. The predicted octanol–water partition coefficient (Wildman–Crippen LogP) is 1.76. The molecule has 0 aliphatic carbocycles. The first-order chi connectivity index (χ1) is 7.16. The lowest BCUT2D eigenvalue weighted by molar-refractivity contribution is 0.0392. The van der Waals surface area contributed by atoms with Crippen molar-refractivity contribution in [2.75, 3.05) is 33.2 Å². The van der Waals surface area contributed by atoms with Gasteiger partial charge in [-0.15, -0.1) is 0 Å². The van der Waals surface area contributed by atoms with Gasteiger partial charge in [0.2, 0.25) is 0 Å². The van der Waals surface area contributed by atoms with Crippen molar-refractivity contribution < 1.29 is 4.39 Å². The third kappa shape index (κ3) is 2.70. The first-order valence-corrected chi connectivity index (χ1v) is 6.23. The molecule has 0 aromatic heterocycles. The Hall–Kier alpha value is -0.150. The van der Waals surface area contributed by atoms with E-state index in [2.05, 4.69) is 16.8 Å². The zero-order chi connectivity index (χ0) is 10.8. The zero-order valence-corrected chi connectivity index (χ0v) is 9.95. The lowest BCUT2D eigenvalue weighted by Gasteiger charge is -2.41. The van der Waals surface area contributed by atoms with Gasteiger partial charge in [-0.3, -0.25) is 4.90 Å². The molecule has 2 heterocycles. The van der Waals surface area contributed by atoms with Crippen molar-refractivity contribution in [3.8, 4) is 0 Å². The fourth-order valence-corrected chi connectivity index (χ4v) is 2.74. The molecule has 2 fully saturated rings. The van der Waals surface area contributed by atoms with Crippen LogP contribution in [-0.4, -0.2) is 55.2 Å². The van der Waals surface area contributed by atoms with E-state index in [1.807, 2.05) is 6.92 Å². The Bertz CT molecular complexity index is 202. The van der Waals surface area contributed by atoms with Crippen LogP contribution in [0.3, 0.4) is 0 Å². The molecule has 0 aromatic rings. The maximum absolute atomic E-state index is 13.6. The van der Waals surface area contributed by atoms with Gasteiger partial charge in [0.05, 0.1) is 0 Å². The number of likely N-dealkylation sites (tertiary alicyclic amines) is 2. The maximum atomic E-state index is 13.6. The molecule has 2 aliphatic rings. The third-order valence-electron chi connectivity index (χ3n) is 4.10.